The Hall–Kier alpha value is -0.610. The molecule has 3 unspecified atom stereocenters. The standard InChI is InChI=1S/C9H15NO3/c1-10-2-3-13-8-5-6(9(11)12)4-7(8)10/h6-8H,2-5H2,1H3,(H,11,12). The predicted octanol–water partition coefficient (Wildman–Crippen LogP) is 0.180. The molecule has 74 valence electrons. The van der Waals surface area contributed by atoms with Crippen LogP contribution in [0.4, 0.5) is 0 Å². The third-order valence-corrected chi connectivity index (χ3v) is 3.16. The molecule has 2 fully saturated rings. The number of likely N-dealkylation sites (N-methyl/N-ethyl adjacent to an activating group) is 1. The molecule has 13 heavy (non-hydrogen) atoms. The maximum Gasteiger partial charge on any atom is 0.306 e. The minimum atomic E-state index is -0.675. The van der Waals surface area contributed by atoms with Crippen LogP contribution in [0.1, 0.15) is 12.8 Å². The lowest BCUT2D eigenvalue weighted by Gasteiger charge is -2.34. The molecule has 3 atom stereocenters. The van der Waals surface area contributed by atoms with Crippen LogP contribution in [0.5, 0.6) is 0 Å². The number of nitrogens with zero attached hydrogens (tertiary/aromatic N) is 1. The monoisotopic (exact) mass is 185 g/mol. The van der Waals surface area contributed by atoms with Crippen LogP contribution in [0.2, 0.25) is 0 Å². The van der Waals surface area contributed by atoms with E-state index in [2.05, 4.69) is 4.90 Å². The van der Waals surface area contributed by atoms with Crippen LogP contribution in [-0.4, -0.2) is 48.3 Å². The van der Waals surface area contributed by atoms with Gasteiger partial charge in [0.05, 0.1) is 18.6 Å². The highest BCUT2D eigenvalue weighted by atomic mass is 16.5. The predicted molar refractivity (Wildman–Crippen MR) is 46.5 cm³/mol. The van der Waals surface area contributed by atoms with E-state index in [1.54, 1.807) is 0 Å². The summed E-state index contributed by atoms with van der Waals surface area (Å²) in [5.74, 6) is -0.873. The number of ether oxygens (including phenoxy) is 1. The van der Waals surface area contributed by atoms with E-state index in [0.29, 0.717) is 12.5 Å². The summed E-state index contributed by atoms with van der Waals surface area (Å²) in [5.41, 5.74) is 0. The Labute approximate surface area is 77.5 Å². The first kappa shape index (κ1) is 8.97. The van der Waals surface area contributed by atoms with Crippen molar-refractivity contribution in [2.75, 3.05) is 20.2 Å². The summed E-state index contributed by atoms with van der Waals surface area (Å²) in [5, 5.41) is 8.87. The average Bonchev–Trinajstić information content (AvgIpc) is 2.49. The first-order valence-electron chi connectivity index (χ1n) is 4.73. The fraction of sp³-hybridized carbons (Fsp3) is 0.889. The molecule has 0 spiro atoms. The van der Waals surface area contributed by atoms with E-state index in [0.717, 1.165) is 19.6 Å². The smallest absolute Gasteiger partial charge is 0.306 e. The Morgan fingerprint density at radius 2 is 2.31 bits per heavy atom. The van der Waals surface area contributed by atoms with Crippen LogP contribution in [-0.2, 0) is 9.53 Å². The van der Waals surface area contributed by atoms with Crippen LogP contribution < -0.4 is 0 Å². The highest BCUT2D eigenvalue weighted by molar-refractivity contribution is 5.70. The minimum Gasteiger partial charge on any atom is -0.481 e. The van der Waals surface area contributed by atoms with Gasteiger partial charge >= 0.3 is 5.97 Å². The van der Waals surface area contributed by atoms with Gasteiger partial charge in [-0.05, 0) is 19.9 Å². The van der Waals surface area contributed by atoms with Gasteiger partial charge in [0, 0.05) is 12.6 Å². The van der Waals surface area contributed by atoms with Gasteiger partial charge in [-0.3, -0.25) is 9.69 Å². The fourth-order valence-electron chi connectivity index (χ4n) is 2.34. The Morgan fingerprint density at radius 1 is 1.54 bits per heavy atom. The van der Waals surface area contributed by atoms with Crippen LogP contribution in [0.3, 0.4) is 0 Å². The van der Waals surface area contributed by atoms with Crippen molar-refractivity contribution in [3.05, 3.63) is 0 Å². The van der Waals surface area contributed by atoms with Gasteiger partial charge in [0.25, 0.3) is 0 Å². The Kier molecular flexibility index (Phi) is 2.26. The SMILES string of the molecule is CN1CCOC2CC(C(=O)O)CC21. The van der Waals surface area contributed by atoms with E-state index in [9.17, 15) is 4.79 Å². The molecule has 1 saturated heterocycles. The molecule has 4 nitrogen and oxygen atoms in total. The average molecular weight is 185 g/mol. The quantitative estimate of drug-likeness (QED) is 0.633. The van der Waals surface area contributed by atoms with Gasteiger partial charge in [-0.2, -0.15) is 0 Å². The maximum atomic E-state index is 10.8. The van der Waals surface area contributed by atoms with Crippen molar-refractivity contribution >= 4 is 5.97 Å². The molecular formula is C9H15NO3. The van der Waals surface area contributed by atoms with Crippen molar-refractivity contribution in [3.63, 3.8) is 0 Å². The summed E-state index contributed by atoms with van der Waals surface area (Å²) in [6.07, 6.45) is 1.58. The lowest BCUT2D eigenvalue weighted by molar-refractivity contribution is -0.141. The van der Waals surface area contributed by atoms with Gasteiger partial charge < -0.3 is 9.84 Å². The lowest BCUT2D eigenvalue weighted by Crippen LogP contribution is -2.46. The number of rotatable bonds is 1. The molecule has 1 N–H and O–H groups in total. The van der Waals surface area contributed by atoms with E-state index in [1.807, 2.05) is 7.05 Å². The Balaban J connectivity index is 2.04. The zero-order chi connectivity index (χ0) is 9.42. The summed E-state index contributed by atoms with van der Waals surface area (Å²) < 4.78 is 5.55. The molecule has 0 radical (unpaired) electrons. The molecular weight excluding hydrogens is 170 g/mol. The number of carboxylic acid groups (broad SMARTS) is 1. The summed E-state index contributed by atoms with van der Waals surface area (Å²) in [6.45, 7) is 1.66. The zero-order valence-corrected chi connectivity index (χ0v) is 7.77. The van der Waals surface area contributed by atoms with E-state index < -0.39 is 5.97 Å². The van der Waals surface area contributed by atoms with Crippen LogP contribution >= 0.6 is 0 Å². The second-order valence-electron chi connectivity index (χ2n) is 3.96. The number of aliphatic carboxylic acids is 1. The van der Waals surface area contributed by atoms with Crippen LogP contribution in [0.15, 0.2) is 0 Å². The van der Waals surface area contributed by atoms with E-state index >= 15 is 0 Å². The maximum absolute atomic E-state index is 10.8. The first-order valence-corrected chi connectivity index (χ1v) is 4.73. The largest absolute Gasteiger partial charge is 0.481 e. The van der Waals surface area contributed by atoms with Gasteiger partial charge in [0.2, 0.25) is 0 Å². The minimum absolute atomic E-state index is 0.153. The van der Waals surface area contributed by atoms with E-state index in [1.165, 1.54) is 0 Å². The summed E-state index contributed by atoms with van der Waals surface area (Å²) in [4.78, 5) is 13.0. The summed E-state index contributed by atoms with van der Waals surface area (Å²) >= 11 is 0. The molecule has 0 amide bonds. The van der Waals surface area contributed by atoms with E-state index in [-0.39, 0.29) is 12.0 Å². The third-order valence-electron chi connectivity index (χ3n) is 3.16. The number of morpholine rings is 1. The van der Waals surface area contributed by atoms with Crippen LogP contribution in [0.25, 0.3) is 0 Å². The van der Waals surface area contributed by atoms with Crippen molar-refractivity contribution in [1.29, 1.82) is 0 Å². The lowest BCUT2D eigenvalue weighted by atomic mass is 10.1. The molecule has 1 aliphatic heterocycles. The van der Waals surface area contributed by atoms with E-state index in [4.69, 9.17) is 9.84 Å². The number of hydrogen-bond acceptors (Lipinski definition) is 3. The summed E-state index contributed by atoms with van der Waals surface area (Å²) in [6, 6.07) is 0.329. The number of carbonyl (C=O) groups is 1. The van der Waals surface area contributed by atoms with Gasteiger partial charge in [-0.15, -0.1) is 0 Å². The second kappa shape index (κ2) is 3.27. The molecule has 0 aromatic carbocycles. The van der Waals surface area contributed by atoms with Crippen molar-refractivity contribution in [1.82, 2.24) is 4.90 Å². The van der Waals surface area contributed by atoms with Crippen molar-refractivity contribution in [2.45, 2.75) is 25.0 Å². The first-order chi connectivity index (χ1) is 6.18. The molecule has 1 heterocycles. The van der Waals surface area contributed by atoms with Gasteiger partial charge in [-0.25, -0.2) is 0 Å². The number of fused-ring (bicyclic) bond motifs is 1. The molecule has 2 rings (SSSR count). The van der Waals surface area contributed by atoms with Gasteiger partial charge in [0.1, 0.15) is 0 Å². The normalized spacial score (nSPS) is 40.2. The Morgan fingerprint density at radius 3 is 2.92 bits per heavy atom. The third kappa shape index (κ3) is 1.56. The highest BCUT2D eigenvalue weighted by Gasteiger charge is 2.42. The molecule has 0 aromatic heterocycles. The second-order valence-corrected chi connectivity index (χ2v) is 3.96. The molecule has 1 aliphatic carbocycles. The van der Waals surface area contributed by atoms with Crippen molar-refractivity contribution in [3.8, 4) is 0 Å². The van der Waals surface area contributed by atoms with Gasteiger partial charge in [-0.1, -0.05) is 0 Å². The van der Waals surface area contributed by atoms with Gasteiger partial charge in [0.15, 0.2) is 0 Å². The molecule has 4 heteroatoms. The molecule has 2 aliphatic rings. The van der Waals surface area contributed by atoms with Crippen molar-refractivity contribution < 1.29 is 14.6 Å². The van der Waals surface area contributed by atoms with Crippen LogP contribution in [0, 0.1) is 5.92 Å². The molecule has 0 aromatic rings. The van der Waals surface area contributed by atoms with Crippen molar-refractivity contribution in [2.24, 2.45) is 5.92 Å². The Bertz CT molecular complexity index is 219. The fourth-order valence-corrected chi connectivity index (χ4v) is 2.34. The summed E-state index contributed by atoms with van der Waals surface area (Å²) in [7, 11) is 2.05. The molecule has 0 bridgehead atoms. The number of hydrogen-bond donors (Lipinski definition) is 1. The molecule has 1 saturated carbocycles. The zero-order valence-electron chi connectivity index (χ0n) is 7.77. The highest BCUT2D eigenvalue weighted by Crippen LogP contribution is 2.33. The topological polar surface area (TPSA) is 49.8 Å². The number of carboxylic acids is 1.